The molecule has 1 heterocycles. The van der Waals surface area contributed by atoms with Crippen LogP contribution in [0.25, 0.3) is 22.0 Å². The predicted molar refractivity (Wildman–Crippen MR) is 112 cm³/mol. The molecule has 8 heteroatoms. The summed E-state index contributed by atoms with van der Waals surface area (Å²) < 4.78 is 31.7. The summed E-state index contributed by atoms with van der Waals surface area (Å²) in [4.78, 5) is 18.1. The number of alkyl halides is 3. The van der Waals surface area contributed by atoms with Gasteiger partial charge in [-0.25, -0.2) is 14.8 Å². The van der Waals surface area contributed by atoms with E-state index in [0.29, 0.717) is 12.2 Å². The summed E-state index contributed by atoms with van der Waals surface area (Å²) in [6.07, 6.45) is -4.40. The molecule has 4 rings (SSSR count). The van der Waals surface area contributed by atoms with Crippen molar-refractivity contribution in [1.82, 2.24) is 9.97 Å². The highest BCUT2D eigenvalue weighted by Crippen LogP contribution is 2.26. The summed E-state index contributed by atoms with van der Waals surface area (Å²) in [6.45, 7) is 0. The summed E-state index contributed by atoms with van der Waals surface area (Å²) in [5.41, 5.74) is 10.5. The molecule has 3 aromatic carbocycles. The van der Waals surface area contributed by atoms with Crippen LogP contribution in [-0.4, -0.2) is 27.2 Å². The van der Waals surface area contributed by atoms with Crippen molar-refractivity contribution < 1.29 is 23.1 Å². The predicted octanol–water partition coefficient (Wildman–Crippen LogP) is 5.10. The molecule has 0 radical (unpaired) electrons. The molecule has 0 bridgehead atoms. The molecule has 0 aliphatic rings. The first kappa shape index (κ1) is 21.8. The lowest BCUT2D eigenvalue weighted by Crippen LogP contribution is -2.21. The summed E-state index contributed by atoms with van der Waals surface area (Å²) in [7, 11) is 0. The average Bonchev–Trinajstić information content (AvgIpc) is 2.75. The van der Waals surface area contributed by atoms with E-state index in [9.17, 15) is 13.2 Å². The molecule has 0 spiro atoms. The Morgan fingerprint density at radius 3 is 2.03 bits per heavy atom. The number of hydrogen-bond acceptors (Lipinski definition) is 4. The van der Waals surface area contributed by atoms with Gasteiger partial charge in [-0.15, -0.1) is 0 Å². The fourth-order valence-corrected chi connectivity index (χ4v) is 2.87. The molecule has 0 aliphatic carbocycles. The molecule has 4 aromatic rings. The Balaban J connectivity index is 0.000000339. The van der Waals surface area contributed by atoms with Crippen molar-refractivity contribution in [1.29, 1.82) is 0 Å². The molecule has 0 fully saturated rings. The Labute approximate surface area is 176 Å². The number of benzene rings is 3. The smallest absolute Gasteiger partial charge is 0.475 e. The number of nitrogen functional groups attached to an aromatic ring is 1. The SMILES string of the molecule is Nc1nc(Cc2ccccc2)nc2ccc(-c3ccccc3)cc12.O=C(O)C(F)(F)F. The number of rotatable bonds is 3. The van der Waals surface area contributed by atoms with Crippen molar-refractivity contribution in [2.24, 2.45) is 0 Å². The monoisotopic (exact) mass is 425 g/mol. The van der Waals surface area contributed by atoms with Gasteiger partial charge in [0.15, 0.2) is 0 Å². The van der Waals surface area contributed by atoms with E-state index in [0.717, 1.165) is 27.9 Å². The topological polar surface area (TPSA) is 89.1 Å². The Bertz CT molecular complexity index is 1180. The number of fused-ring (bicyclic) bond motifs is 1. The van der Waals surface area contributed by atoms with E-state index in [2.05, 4.69) is 46.4 Å². The molecule has 0 saturated carbocycles. The largest absolute Gasteiger partial charge is 0.490 e. The first-order chi connectivity index (χ1) is 14.7. The standard InChI is InChI=1S/C21H17N3.C2HF3O2/c22-21-18-14-17(16-9-5-2-6-10-16)11-12-19(18)23-20(24-21)13-15-7-3-1-4-8-15;3-2(4,5)1(6)7/h1-12,14H,13H2,(H2,22,23,24);(H,6,7). The number of carboxylic acid groups (broad SMARTS) is 1. The van der Waals surface area contributed by atoms with Crippen molar-refractivity contribution in [3.05, 3.63) is 90.3 Å². The van der Waals surface area contributed by atoms with Gasteiger partial charge in [-0.05, 0) is 28.8 Å². The van der Waals surface area contributed by atoms with E-state index in [1.54, 1.807) is 0 Å². The highest BCUT2D eigenvalue weighted by atomic mass is 19.4. The van der Waals surface area contributed by atoms with Gasteiger partial charge < -0.3 is 10.8 Å². The first-order valence-electron chi connectivity index (χ1n) is 9.19. The number of hydrogen-bond donors (Lipinski definition) is 2. The van der Waals surface area contributed by atoms with Crippen LogP contribution in [0.3, 0.4) is 0 Å². The van der Waals surface area contributed by atoms with Crippen LogP contribution in [0.2, 0.25) is 0 Å². The molecule has 0 amide bonds. The Kier molecular flexibility index (Phi) is 6.49. The van der Waals surface area contributed by atoms with Crippen molar-refractivity contribution in [2.45, 2.75) is 12.6 Å². The van der Waals surface area contributed by atoms with Crippen LogP contribution in [-0.2, 0) is 11.2 Å². The lowest BCUT2D eigenvalue weighted by molar-refractivity contribution is -0.192. The Morgan fingerprint density at radius 1 is 0.871 bits per heavy atom. The second-order valence-electron chi connectivity index (χ2n) is 6.59. The molecule has 0 atom stereocenters. The number of aromatic nitrogens is 2. The van der Waals surface area contributed by atoms with E-state index in [1.165, 1.54) is 5.56 Å². The van der Waals surface area contributed by atoms with Crippen LogP contribution in [0, 0.1) is 0 Å². The maximum atomic E-state index is 10.6. The van der Waals surface area contributed by atoms with Crippen molar-refractivity contribution in [3.63, 3.8) is 0 Å². The second kappa shape index (κ2) is 9.25. The summed E-state index contributed by atoms with van der Waals surface area (Å²) in [6, 6.07) is 26.6. The number of aliphatic carboxylic acids is 1. The number of nitrogens with zero attached hydrogens (tertiary/aromatic N) is 2. The normalized spacial score (nSPS) is 10.9. The highest BCUT2D eigenvalue weighted by Gasteiger charge is 2.38. The molecule has 31 heavy (non-hydrogen) atoms. The molecule has 0 saturated heterocycles. The third-order valence-electron chi connectivity index (χ3n) is 4.33. The van der Waals surface area contributed by atoms with Crippen molar-refractivity contribution in [3.8, 4) is 11.1 Å². The van der Waals surface area contributed by atoms with E-state index < -0.39 is 12.1 Å². The minimum Gasteiger partial charge on any atom is -0.475 e. The molecule has 1 aromatic heterocycles. The number of carboxylic acids is 1. The van der Waals surface area contributed by atoms with Crippen molar-refractivity contribution >= 4 is 22.7 Å². The third-order valence-corrected chi connectivity index (χ3v) is 4.33. The summed E-state index contributed by atoms with van der Waals surface area (Å²) in [5.74, 6) is -1.48. The van der Waals surface area contributed by atoms with Gasteiger partial charge in [0.2, 0.25) is 0 Å². The molecule has 0 unspecified atom stereocenters. The van der Waals surface area contributed by atoms with E-state index in [4.69, 9.17) is 15.6 Å². The first-order valence-corrected chi connectivity index (χ1v) is 9.19. The van der Waals surface area contributed by atoms with Gasteiger partial charge in [0, 0.05) is 11.8 Å². The lowest BCUT2D eigenvalue weighted by Gasteiger charge is -2.08. The Morgan fingerprint density at radius 2 is 1.45 bits per heavy atom. The Hall–Kier alpha value is -3.94. The number of halogens is 3. The molecule has 0 aliphatic heterocycles. The lowest BCUT2D eigenvalue weighted by atomic mass is 10.0. The van der Waals surface area contributed by atoms with E-state index in [-0.39, 0.29) is 0 Å². The zero-order chi connectivity index (χ0) is 22.4. The van der Waals surface area contributed by atoms with Crippen LogP contribution >= 0.6 is 0 Å². The fraction of sp³-hybridized carbons (Fsp3) is 0.0870. The molecule has 5 nitrogen and oxygen atoms in total. The van der Waals surface area contributed by atoms with Gasteiger partial charge in [0.05, 0.1) is 5.52 Å². The maximum Gasteiger partial charge on any atom is 0.490 e. The highest BCUT2D eigenvalue weighted by molar-refractivity contribution is 5.91. The second-order valence-corrected chi connectivity index (χ2v) is 6.59. The van der Waals surface area contributed by atoms with Crippen LogP contribution in [0.1, 0.15) is 11.4 Å². The molecule has 158 valence electrons. The van der Waals surface area contributed by atoms with Gasteiger partial charge in [-0.3, -0.25) is 0 Å². The minimum absolute atomic E-state index is 0.531. The van der Waals surface area contributed by atoms with Crippen LogP contribution in [0.5, 0.6) is 0 Å². The fourth-order valence-electron chi connectivity index (χ4n) is 2.87. The molecular formula is C23H18F3N3O2. The number of nitrogens with two attached hydrogens (primary N) is 1. The zero-order valence-electron chi connectivity index (χ0n) is 16.2. The van der Waals surface area contributed by atoms with Gasteiger partial charge >= 0.3 is 12.1 Å². The molecular weight excluding hydrogens is 407 g/mol. The number of anilines is 1. The van der Waals surface area contributed by atoms with Gasteiger partial charge in [0.1, 0.15) is 11.6 Å². The zero-order valence-corrected chi connectivity index (χ0v) is 16.2. The maximum absolute atomic E-state index is 10.6. The van der Waals surface area contributed by atoms with Gasteiger partial charge in [-0.1, -0.05) is 66.7 Å². The third kappa shape index (κ3) is 5.79. The minimum atomic E-state index is -5.08. The molecule has 3 N–H and O–H groups in total. The number of carbonyl (C=O) groups is 1. The summed E-state index contributed by atoms with van der Waals surface area (Å²) in [5, 5.41) is 8.02. The van der Waals surface area contributed by atoms with Crippen LogP contribution in [0.15, 0.2) is 78.9 Å². The quantitative estimate of drug-likeness (QED) is 0.477. The van der Waals surface area contributed by atoms with Crippen LogP contribution < -0.4 is 5.73 Å². The van der Waals surface area contributed by atoms with E-state index in [1.807, 2.05) is 42.5 Å². The van der Waals surface area contributed by atoms with Crippen LogP contribution in [0.4, 0.5) is 19.0 Å². The van der Waals surface area contributed by atoms with Crippen molar-refractivity contribution in [2.75, 3.05) is 5.73 Å². The van der Waals surface area contributed by atoms with E-state index >= 15 is 0 Å². The van der Waals surface area contributed by atoms with Gasteiger partial charge in [-0.2, -0.15) is 13.2 Å². The summed E-state index contributed by atoms with van der Waals surface area (Å²) >= 11 is 0. The average molecular weight is 425 g/mol. The van der Waals surface area contributed by atoms with Gasteiger partial charge in [0.25, 0.3) is 0 Å².